The van der Waals surface area contributed by atoms with Crippen molar-refractivity contribution in [3.05, 3.63) is 100 Å². The molecule has 0 unspecified atom stereocenters. The molecule has 3 rings (SSSR count). The standard InChI is InChI=1S/C12H12N2O2.C8H11BrN2O2/c1-9-7-11(15)13-12(16)14(9)8-10-5-3-2-4-6-10;1-5(2)3-11-4-6(9)7(12)10-8(11)13/h2-7H,8H2,1H3,(H,13,15,16);4-5H,3H2,1-2H3,(H,10,12,13). The summed E-state index contributed by atoms with van der Waals surface area (Å²) in [4.78, 5) is 49.3. The highest BCUT2D eigenvalue weighted by atomic mass is 79.9. The Balaban J connectivity index is 0.000000212. The van der Waals surface area contributed by atoms with E-state index in [1.807, 2.05) is 44.2 Å². The number of rotatable bonds is 4. The number of hydrogen-bond acceptors (Lipinski definition) is 4. The smallest absolute Gasteiger partial charge is 0.299 e. The van der Waals surface area contributed by atoms with Crippen LogP contribution in [-0.4, -0.2) is 19.1 Å². The van der Waals surface area contributed by atoms with Gasteiger partial charge < -0.3 is 0 Å². The van der Waals surface area contributed by atoms with Gasteiger partial charge in [-0.1, -0.05) is 44.2 Å². The van der Waals surface area contributed by atoms with Crippen molar-refractivity contribution in [1.29, 1.82) is 0 Å². The Hall–Kier alpha value is -2.94. The fourth-order valence-corrected chi connectivity index (χ4v) is 2.96. The lowest BCUT2D eigenvalue weighted by molar-refractivity contribution is 0.500. The third-order valence-electron chi connectivity index (χ3n) is 3.95. The topological polar surface area (TPSA) is 110 Å². The SMILES string of the molecule is CC(C)Cn1cc(Br)c(=O)[nH]c1=O.Cc1cc(=O)[nH]c(=O)n1Cc1ccccc1. The summed E-state index contributed by atoms with van der Waals surface area (Å²) in [6, 6.07) is 11.1. The minimum atomic E-state index is -0.384. The van der Waals surface area contributed by atoms with Crippen LogP contribution in [0.4, 0.5) is 0 Å². The molecule has 9 heteroatoms. The van der Waals surface area contributed by atoms with Crippen molar-refractivity contribution in [2.45, 2.75) is 33.9 Å². The molecule has 2 heterocycles. The minimum Gasteiger partial charge on any atom is -0.299 e. The van der Waals surface area contributed by atoms with Gasteiger partial charge in [-0.2, -0.15) is 0 Å². The number of aromatic amines is 2. The number of halogens is 1. The number of H-pyrrole nitrogens is 2. The number of benzene rings is 1. The Morgan fingerprint density at radius 3 is 2.24 bits per heavy atom. The second kappa shape index (κ2) is 10.0. The summed E-state index contributed by atoms with van der Waals surface area (Å²) in [6.07, 6.45) is 1.52. The predicted octanol–water partition coefficient (Wildman–Crippen LogP) is 1.85. The molecule has 0 aliphatic carbocycles. The maximum Gasteiger partial charge on any atom is 0.328 e. The molecule has 0 fully saturated rings. The minimum absolute atomic E-state index is 0.355. The summed E-state index contributed by atoms with van der Waals surface area (Å²) in [5, 5.41) is 0. The normalized spacial score (nSPS) is 10.5. The Morgan fingerprint density at radius 2 is 1.66 bits per heavy atom. The van der Waals surface area contributed by atoms with Crippen molar-refractivity contribution < 1.29 is 0 Å². The first-order valence-corrected chi connectivity index (χ1v) is 9.80. The van der Waals surface area contributed by atoms with Crippen LogP contribution in [0.1, 0.15) is 25.1 Å². The van der Waals surface area contributed by atoms with Crippen LogP contribution in [-0.2, 0) is 13.1 Å². The molecule has 154 valence electrons. The van der Waals surface area contributed by atoms with Crippen molar-refractivity contribution in [1.82, 2.24) is 19.1 Å². The van der Waals surface area contributed by atoms with E-state index >= 15 is 0 Å². The van der Waals surface area contributed by atoms with Crippen LogP contribution >= 0.6 is 15.9 Å². The Kier molecular flexibility index (Phi) is 7.72. The van der Waals surface area contributed by atoms with Crippen LogP contribution in [0.2, 0.25) is 0 Å². The van der Waals surface area contributed by atoms with E-state index in [1.165, 1.54) is 21.4 Å². The van der Waals surface area contributed by atoms with Crippen LogP contribution in [0.15, 0.2) is 66.2 Å². The fourth-order valence-electron chi connectivity index (χ4n) is 2.61. The molecular formula is C20H23BrN4O4. The number of aryl methyl sites for hydroxylation is 1. The van der Waals surface area contributed by atoms with E-state index in [1.54, 1.807) is 6.92 Å². The third-order valence-corrected chi connectivity index (χ3v) is 4.52. The molecule has 8 nitrogen and oxygen atoms in total. The lowest BCUT2D eigenvalue weighted by atomic mass is 10.2. The molecule has 0 saturated carbocycles. The quantitative estimate of drug-likeness (QED) is 0.616. The number of nitrogens with one attached hydrogen (secondary N) is 2. The van der Waals surface area contributed by atoms with Crippen LogP contribution in [0, 0.1) is 12.8 Å². The predicted molar refractivity (Wildman–Crippen MR) is 115 cm³/mol. The van der Waals surface area contributed by atoms with Crippen molar-refractivity contribution >= 4 is 15.9 Å². The van der Waals surface area contributed by atoms with Gasteiger partial charge in [-0.05, 0) is 34.3 Å². The van der Waals surface area contributed by atoms with Crippen LogP contribution in [0.5, 0.6) is 0 Å². The molecule has 29 heavy (non-hydrogen) atoms. The van der Waals surface area contributed by atoms with Crippen molar-refractivity contribution in [3.63, 3.8) is 0 Å². The van der Waals surface area contributed by atoms with E-state index < -0.39 is 0 Å². The van der Waals surface area contributed by atoms with E-state index in [2.05, 4.69) is 25.9 Å². The Morgan fingerprint density at radius 1 is 1.00 bits per heavy atom. The molecule has 0 aliphatic heterocycles. The lowest BCUT2D eigenvalue weighted by Gasteiger charge is -2.08. The summed E-state index contributed by atoms with van der Waals surface area (Å²) in [5.41, 5.74) is 0.227. The molecule has 1 aromatic carbocycles. The van der Waals surface area contributed by atoms with Gasteiger partial charge in [0.05, 0.1) is 11.0 Å². The first-order valence-electron chi connectivity index (χ1n) is 9.01. The number of aromatic nitrogens is 4. The Labute approximate surface area is 175 Å². The second-order valence-corrected chi connectivity index (χ2v) is 7.79. The average Bonchev–Trinajstić information content (AvgIpc) is 2.64. The summed E-state index contributed by atoms with van der Waals surface area (Å²) in [6.45, 7) is 6.84. The monoisotopic (exact) mass is 462 g/mol. The zero-order chi connectivity index (χ0) is 21.6. The van der Waals surface area contributed by atoms with Crippen LogP contribution < -0.4 is 22.5 Å². The van der Waals surface area contributed by atoms with Gasteiger partial charge in [0.15, 0.2) is 0 Å². The molecule has 3 aromatic rings. The molecular weight excluding hydrogens is 440 g/mol. The van der Waals surface area contributed by atoms with Gasteiger partial charge in [-0.15, -0.1) is 0 Å². The van der Waals surface area contributed by atoms with E-state index in [0.717, 1.165) is 5.56 Å². The van der Waals surface area contributed by atoms with Crippen molar-refractivity contribution in [2.75, 3.05) is 0 Å². The summed E-state index contributed by atoms with van der Waals surface area (Å²) >= 11 is 3.07. The molecule has 0 radical (unpaired) electrons. The van der Waals surface area contributed by atoms with Crippen LogP contribution in [0.3, 0.4) is 0 Å². The van der Waals surface area contributed by atoms with E-state index in [9.17, 15) is 19.2 Å². The lowest BCUT2D eigenvalue weighted by Crippen LogP contribution is -2.31. The average molecular weight is 463 g/mol. The maximum atomic E-state index is 11.6. The van der Waals surface area contributed by atoms with Gasteiger partial charge in [0.1, 0.15) is 0 Å². The van der Waals surface area contributed by atoms with E-state index in [4.69, 9.17) is 0 Å². The van der Waals surface area contributed by atoms with Gasteiger partial charge in [-0.25, -0.2) is 9.59 Å². The number of hydrogen-bond donors (Lipinski definition) is 2. The zero-order valence-corrected chi connectivity index (χ0v) is 18.0. The summed E-state index contributed by atoms with van der Waals surface area (Å²) < 4.78 is 3.40. The van der Waals surface area contributed by atoms with E-state index in [-0.39, 0.29) is 22.5 Å². The summed E-state index contributed by atoms with van der Waals surface area (Å²) in [7, 11) is 0. The summed E-state index contributed by atoms with van der Waals surface area (Å²) in [5.74, 6) is 0.371. The largest absolute Gasteiger partial charge is 0.328 e. The number of nitrogens with zero attached hydrogens (tertiary/aromatic N) is 2. The van der Waals surface area contributed by atoms with Crippen molar-refractivity contribution in [3.8, 4) is 0 Å². The highest BCUT2D eigenvalue weighted by Crippen LogP contribution is 2.02. The zero-order valence-electron chi connectivity index (χ0n) is 16.4. The molecule has 0 atom stereocenters. The van der Waals surface area contributed by atoms with Crippen LogP contribution in [0.25, 0.3) is 0 Å². The fraction of sp³-hybridized carbons (Fsp3) is 0.300. The second-order valence-electron chi connectivity index (χ2n) is 6.93. The van der Waals surface area contributed by atoms with Gasteiger partial charge in [0, 0.05) is 24.5 Å². The highest BCUT2D eigenvalue weighted by Gasteiger charge is 2.03. The van der Waals surface area contributed by atoms with Crippen molar-refractivity contribution in [2.24, 2.45) is 5.92 Å². The van der Waals surface area contributed by atoms with Gasteiger partial charge in [0.2, 0.25) is 0 Å². The molecule has 2 aromatic heterocycles. The molecule has 0 spiro atoms. The Bertz CT molecular complexity index is 1190. The maximum absolute atomic E-state index is 11.6. The van der Waals surface area contributed by atoms with Gasteiger partial charge >= 0.3 is 11.4 Å². The third kappa shape index (κ3) is 6.56. The highest BCUT2D eigenvalue weighted by molar-refractivity contribution is 9.10. The molecule has 0 aliphatic rings. The molecule has 0 amide bonds. The first-order chi connectivity index (χ1) is 13.7. The van der Waals surface area contributed by atoms with E-state index in [0.29, 0.717) is 29.2 Å². The molecule has 2 N–H and O–H groups in total. The molecule has 0 bridgehead atoms. The van der Waals surface area contributed by atoms with Gasteiger partial charge in [-0.3, -0.25) is 28.7 Å². The molecule has 0 saturated heterocycles. The first kappa shape index (κ1) is 22.4. The van der Waals surface area contributed by atoms with Gasteiger partial charge in [0.25, 0.3) is 11.1 Å².